The molecule has 2 heterocycles. The van der Waals surface area contributed by atoms with E-state index in [1.807, 2.05) is 25.3 Å². The van der Waals surface area contributed by atoms with Crippen LogP contribution in [-0.2, 0) is 9.53 Å². The third-order valence-electron chi connectivity index (χ3n) is 6.18. The Morgan fingerprint density at radius 2 is 1.94 bits per heavy atom. The number of halogens is 1. The van der Waals surface area contributed by atoms with Gasteiger partial charge in [0, 0.05) is 32.1 Å². The molecule has 1 fully saturated rings. The molecule has 0 unspecified atom stereocenters. The fraction of sp³-hybridized carbons (Fsp3) is 0.560. The standard InChI is InChI=1S/C25H35ClN4O3/c1-16(2)15-30(20-6-8-21(33-4)9-7-20)25-22(29-23-10-5-19(26)14-27-23)12-18(13-28-25)17(3)11-24(31)32/h5,10,12-14,16-17,20-21H,6-9,11,15H2,1-4H3,(H,27,29)(H,31,32)/t17-,20-,21-/m1/s1. The summed E-state index contributed by atoms with van der Waals surface area (Å²) in [5, 5.41) is 13.2. The molecule has 0 aliphatic heterocycles. The average molecular weight is 475 g/mol. The van der Waals surface area contributed by atoms with Crippen LogP contribution in [0, 0.1) is 5.92 Å². The van der Waals surface area contributed by atoms with Gasteiger partial charge < -0.3 is 20.1 Å². The molecule has 0 radical (unpaired) electrons. The molecule has 0 saturated heterocycles. The predicted octanol–water partition coefficient (Wildman–Crippen LogP) is 5.87. The molecule has 0 spiro atoms. The van der Waals surface area contributed by atoms with Gasteiger partial charge in [-0.1, -0.05) is 32.4 Å². The molecule has 2 N–H and O–H groups in total. The number of nitrogens with one attached hydrogen (secondary N) is 1. The van der Waals surface area contributed by atoms with E-state index < -0.39 is 5.97 Å². The maximum Gasteiger partial charge on any atom is 0.303 e. The number of hydrogen-bond acceptors (Lipinski definition) is 6. The van der Waals surface area contributed by atoms with Gasteiger partial charge in [0.15, 0.2) is 5.82 Å². The molecule has 1 aliphatic rings. The Bertz CT molecular complexity index is 914. The van der Waals surface area contributed by atoms with E-state index in [4.69, 9.17) is 21.3 Å². The summed E-state index contributed by atoms with van der Waals surface area (Å²) in [6.45, 7) is 7.21. The van der Waals surface area contributed by atoms with E-state index in [0.29, 0.717) is 28.9 Å². The Morgan fingerprint density at radius 3 is 2.52 bits per heavy atom. The third-order valence-corrected chi connectivity index (χ3v) is 6.40. The number of aromatic nitrogens is 2. The van der Waals surface area contributed by atoms with Crippen molar-refractivity contribution in [2.24, 2.45) is 5.92 Å². The van der Waals surface area contributed by atoms with Crippen molar-refractivity contribution < 1.29 is 14.6 Å². The first-order valence-electron chi connectivity index (χ1n) is 11.7. The van der Waals surface area contributed by atoms with Crippen molar-refractivity contribution in [2.75, 3.05) is 23.9 Å². The average Bonchev–Trinajstić information content (AvgIpc) is 2.78. The molecule has 1 atom stereocenters. The molecule has 1 saturated carbocycles. The smallest absolute Gasteiger partial charge is 0.303 e. The topological polar surface area (TPSA) is 87.6 Å². The number of rotatable bonds is 10. The Hall–Kier alpha value is -2.38. The minimum absolute atomic E-state index is 0.0520. The maximum atomic E-state index is 11.3. The number of ether oxygens (including phenoxy) is 1. The van der Waals surface area contributed by atoms with Gasteiger partial charge in [-0.25, -0.2) is 9.97 Å². The van der Waals surface area contributed by atoms with Crippen molar-refractivity contribution >= 4 is 34.9 Å². The van der Waals surface area contributed by atoms with Crippen LogP contribution in [0.1, 0.15) is 64.4 Å². The highest BCUT2D eigenvalue weighted by molar-refractivity contribution is 6.30. The highest BCUT2D eigenvalue weighted by atomic mass is 35.5. The number of pyridine rings is 2. The van der Waals surface area contributed by atoms with E-state index >= 15 is 0 Å². The number of carboxylic acid groups (broad SMARTS) is 1. The summed E-state index contributed by atoms with van der Waals surface area (Å²) in [7, 11) is 1.79. The summed E-state index contributed by atoms with van der Waals surface area (Å²) in [4.78, 5) is 22.9. The van der Waals surface area contributed by atoms with E-state index in [2.05, 4.69) is 29.0 Å². The number of anilines is 3. The Labute approximate surface area is 201 Å². The number of aliphatic carboxylic acids is 1. The van der Waals surface area contributed by atoms with Gasteiger partial charge >= 0.3 is 5.97 Å². The number of hydrogen-bond donors (Lipinski definition) is 2. The summed E-state index contributed by atoms with van der Waals surface area (Å²) < 4.78 is 5.58. The second-order valence-corrected chi connectivity index (χ2v) is 9.77. The van der Waals surface area contributed by atoms with Crippen LogP contribution in [0.3, 0.4) is 0 Å². The molecule has 7 nitrogen and oxygen atoms in total. The Kier molecular flexibility index (Phi) is 8.92. The number of nitrogens with zero attached hydrogens (tertiary/aromatic N) is 3. The lowest BCUT2D eigenvalue weighted by Gasteiger charge is -2.39. The first-order valence-corrected chi connectivity index (χ1v) is 12.0. The Morgan fingerprint density at radius 1 is 1.21 bits per heavy atom. The molecular weight excluding hydrogens is 440 g/mol. The summed E-state index contributed by atoms with van der Waals surface area (Å²) in [6.07, 6.45) is 7.95. The summed E-state index contributed by atoms with van der Waals surface area (Å²) in [5.74, 6) is 1.01. The van der Waals surface area contributed by atoms with Gasteiger partial charge in [-0.15, -0.1) is 0 Å². The molecule has 0 aromatic carbocycles. The molecule has 0 amide bonds. The van der Waals surface area contributed by atoms with Crippen molar-refractivity contribution in [1.82, 2.24) is 9.97 Å². The summed E-state index contributed by atoms with van der Waals surface area (Å²) in [5.41, 5.74) is 1.71. The van der Waals surface area contributed by atoms with Crippen molar-refractivity contribution in [1.29, 1.82) is 0 Å². The highest BCUT2D eigenvalue weighted by Gasteiger charge is 2.29. The lowest BCUT2D eigenvalue weighted by Crippen LogP contribution is -2.42. The lowest BCUT2D eigenvalue weighted by molar-refractivity contribution is -0.137. The van der Waals surface area contributed by atoms with Crippen LogP contribution >= 0.6 is 11.6 Å². The summed E-state index contributed by atoms with van der Waals surface area (Å²) in [6, 6.07) is 6.00. The van der Waals surface area contributed by atoms with E-state index in [-0.39, 0.29) is 12.3 Å². The van der Waals surface area contributed by atoms with Gasteiger partial charge in [0.2, 0.25) is 0 Å². The molecule has 180 valence electrons. The number of carboxylic acids is 1. The minimum Gasteiger partial charge on any atom is -0.481 e. The molecule has 3 rings (SSSR count). The lowest BCUT2D eigenvalue weighted by atomic mass is 9.91. The quantitative estimate of drug-likeness (QED) is 0.445. The van der Waals surface area contributed by atoms with Crippen LogP contribution in [-0.4, -0.2) is 46.8 Å². The van der Waals surface area contributed by atoms with Gasteiger partial charge in [-0.05, 0) is 61.3 Å². The monoisotopic (exact) mass is 474 g/mol. The number of methoxy groups -OCH3 is 1. The van der Waals surface area contributed by atoms with Crippen LogP contribution in [0.15, 0.2) is 30.6 Å². The predicted molar refractivity (Wildman–Crippen MR) is 133 cm³/mol. The largest absolute Gasteiger partial charge is 0.481 e. The molecule has 1 aliphatic carbocycles. The summed E-state index contributed by atoms with van der Waals surface area (Å²) >= 11 is 6.02. The van der Waals surface area contributed by atoms with Gasteiger partial charge in [-0.2, -0.15) is 0 Å². The fourth-order valence-corrected chi connectivity index (χ4v) is 4.54. The van der Waals surface area contributed by atoms with Gasteiger partial charge in [0.1, 0.15) is 5.82 Å². The minimum atomic E-state index is -0.822. The molecule has 2 aromatic rings. The zero-order valence-electron chi connectivity index (χ0n) is 19.9. The van der Waals surface area contributed by atoms with Crippen molar-refractivity contribution in [3.8, 4) is 0 Å². The van der Waals surface area contributed by atoms with Gasteiger partial charge in [0.05, 0.1) is 23.2 Å². The van der Waals surface area contributed by atoms with Gasteiger partial charge in [0.25, 0.3) is 0 Å². The zero-order chi connectivity index (χ0) is 24.0. The normalized spacial score (nSPS) is 19.3. The van der Waals surface area contributed by atoms with Crippen molar-refractivity contribution in [3.63, 3.8) is 0 Å². The number of carbonyl (C=O) groups is 1. The fourth-order valence-electron chi connectivity index (χ4n) is 4.43. The van der Waals surface area contributed by atoms with Crippen LogP contribution in [0.25, 0.3) is 0 Å². The third kappa shape index (κ3) is 7.05. The molecule has 33 heavy (non-hydrogen) atoms. The van der Waals surface area contributed by atoms with Crippen LogP contribution in [0.5, 0.6) is 0 Å². The molecule has 8 heteroatoms. The molecule has 2 aromatic heterocycles. The van der Waals surface area contributed by atoms with Crippen molar-refractivity contribution in [3.05, 3.63) is 41.2 Å². The first-order chi connectivity index (χ1) is 15.8. The van der Waals surface area contributed by atoms with E-state index in [1.165, 1.54) is 0 Å². The van der Waals surface area contributed by atoms with Crippen molar-refractivity contribution in [2.45, 2.75) is 70.9 Å². The van der Waals surface area contributed by atoms with Crippen LogP contribution in [0.4, 0.5) is 17.3 Å². The van der Waals surface area contributed by atoms with Crippen LogP contribution < -0.4 is 10.2 Å². The second kappa shape index (κ2) is 11.7. The first kappa shape index (κ1) is 25.2. The van der Waals surface area contributed by atoms with E-state index in [1.54, 1.807) is 19.4 Å². The highest BCUT2D eigenvalue weighted by Crippen LogP contribution is 2.35. The van der Waals surface area contributed by atoms with Crippen LogP contribution in [0.2, 0.25) is 5.02 Å². The zero-order valence-corrected chi connectivity index (χ0v) is 20.7. The SMILES string of the molecule is CO[C@H]1CC[C@H](N(CC(C)C)c2ncc([C@H](C)CC(=O)O)cc2Nc2ccc(Cl)cn2)CC1. The molecular formula is C25H35ClN4O3. The molecule has 0 bridgehead atoms. The van der Waals surface area contributed by atoms with E-state index in [0.717, 1.165) is 49.3 Å². The Balaban J connectivity index is 1.98. The van der Waals surface area contributed by atoms with Gasteiger partial charge in [-0.3, -0.25) is 4.79 Å². The van der Waals surface area contributed by atoms with E-state index in [9.17, 15) is 9.90 Å². The second-order valence-electron chi connectivity index (χ2n) is 9.34. The maximum absolute atomic E-state index is 11.3.